The van der Waals surface area contributed by atoms with Crippen LogP contribution >= 0.6 is 0 Å². The molecule has 0 aliphatic heterocycles. The van der Waals surface area contributed by atoms with Gasteiger partial charge < -0.3 is 10.5 Å². The van der Waals surface area contributed by atoms with Crippen LogP contribution in [0.1, 0.15) is 6.92 Å². The quantitative estimate of drug-likeness (QED) is 0.295. The fraction of sp³-hybridized carbons (Fsp3) is 0.118. The van der Waals surface area contributed by atoms with Gasteiger partial charge >= 0.3 is 29.6 Å². The number of fused-ring (bicyclic) bond motifs is 1. The Kier molecular flexibility index (Phi) is 6.90. The maximum absolute atomic E-state index is 11.7. The standard InChI is InChI=1S/C17H16N4O4S.Na.H/c1-2-25-15-7-8-19-10-14(15)21-20-13-9-16(26(22,23)24)11-5-3-4-6-12(11)17(13)18;;/h3-10H,2,18H2,1H3,(H,22,23,24);;/b21-20+;;. The number of pyridine rings is 1. The topological polar surface area (TPSA) is 127 Å². The van der Waals surface area contributed by atoms with Gasteiger partial charge in [-0.15, -0.1) is 10.2 Å². The molecule has 0 bridgehead atoms. The van der Waals surface area contributed by atoms with E-state index in [1.807, 2.05) is 6.92 Å². The average Bonchev–Trinajstić information content (AvgIpc) is 2.62. The summed E-state index contributed by atoms with van der Waals surface area (Å²) >= 11 is 0. The minimum atomic E-state index is -4.46. The molecule has 3 rings (SSSR count). The van der Waals surface area contributed by atoms with Gasteiger partial charge in [-0.05, 0) is 13.0 Å². The van der Waals surface area contributed by atoms with Crippen LogP contribution < -0.4 is 10.5 Å². The van der Waals surface area contributed by atoms with E-state index in [0.29, 0.717) is 28.8 Å². The van der Waals surface area contributed by atoms with Crippen molar-refractivity contribution in [2.24, 2.45) is 10.2 Å². The first kappa shape index (κ1) is 21.3. The molecule has 0 aliphatic carbocycles. The summed E-state index contributed by atoms with van der Waals surface area (Å²) in [7, 11) is -4.46. The van der Waals surface area contributed by atoms with E-state index in [1.54, 1.807) is 36.5 Å². The zero-order valence-corrected chi connectivity index (χ0v) is 14.6. The molecule has 0 aliphatic rings. The monoisotopic (exact) mass is 396 g/mol. The number of anilines is 1. The number of hydrogen-bond donors (Lipinski definition) is 2. The molecule has 0 fully saturated rings. The first-order chi connectivity index (χ1) is 12.4. The van der Waals surface area contributed by atoms with Gasteiger partial charge in [0.15, 0.2) is 0 Å². The number of nitrogens with zero attached hydrogens (tertiary/aromatic N) is 3. The van der Waals surface area contributed by atoms with Crippen molar-refractivity contribution in [2.45, 2.75) is 11.8 Å². The number of aromatic nitrogens is 1. The molecule has 136 valence electrons. The summed E-state index contributed by atoms with van der Waals surface area (Å²) in [6.45, 7) is 2.28. The number of rotatable bonds is 5. The summed E-state index contributed by atoms with van der Waals surface area (Å²) in [4.78, 5) is 3.68. The molecule has 0 atom stereocenters. The minimum absolute atomic E-state index is 0. The van der Waals surface area contributed by atoms with Gasteiger partial charge in [-0.1, -0.05) is 24.3 Å². The Bertz CT molecular complexity index is 1100. The van der Waals surface area contributed by atoms with Gasteiger partial charge in [0.05, 0.1) is 18.5 Å². The number of benzene rings is 2. The van der Waals surface area contributed by atoms with Gasteiger partial charge in [-0.25, -0.2) is 0 Å². The van der Waals surface area contributed by atoms with Crippen LogP contribution in [0.5, 0.6) is 5.75 Å². The fourth-order valence-corrected chi connectivity index (χ4v) is 3.20. The molecular formula is C17H17N4NaO4S. The molecule has 1 aromatic heterocycles. The van der Waals surface area contributed by atoms with Crippen molar-refractivity contribution < 1.29 is 17.7 Å². The third kappa shape index (κ3) is 4.63. The van der Waals surface area contributed by atoms with Gasteiger partial charge in [-0.3, -0.25) is 9.54 Å². The number of ether oxygens (including phenoxy) is 1. The normalized spacial score (nSPS) is 11.5. The second-order valence-electron chi connectivity index (χ2n) is 5.30. The molecule has 8 nitrogen and oxygen atoms in total. The van der Waals surface area contributed by atoms with Crippen molar-refractivity contribution in [1.29, 1.82) is 0 Å². The van der Waals surface area contributed by atoms with Crippen LogP contribution in [0.4, 0.5) is 17.1 Å². The Hall–Kier alpha value is -2.04. The van der Waals surface area contributed by atoms with Crippen LogP contribution in [0.15, 0.2) is 63.9 Å². The van der Waals surface area contributed by atoms with Gasteiger partial charge in [0.25, 0.3) is 10.1 Å². The van der Waals surface area contributed by atoms with Crippen LogP contribution in [0, 0.1) is 0 Å². The summed E-state index contributed by atoms with van der Waals surface area (Å²) in [5.74, 6) is 0.487. The first-order valence-corrected chi connectivity index (χ1v) is 9.13. The third-order valence-corrected chi connectivity index (χ3v) is 4.52. The molecule has 27 heavy (non-hydrogen) atoms. The molecule has 0 radical (unpaired) electrons. The summed E-state index contributed by atoms with van der Waals surface area (Å²) in [5, 5.41) is 8.87. The fourth-order valence-electron chi connectivity index (χ4n) is 2.48. The van der Waals surface area contributed by atoms with Crippen LogP contribution in [-0.2, 0) is 10.1 Å². The predicted molar refractivity (Wildman–Crippen MR) is 105 cm³/mol. The summed E-state index contributed by atoms with van der Waals surface area (Å²) in [6, 6.07) is 9.40. The zero-order chi connectivity index (χ0) is 18.7. The van der Waals surface area contributed by atoms with Crippen LogP contribution in [0.25, 0.3) is 10.8 Å². The first-order valence-electron chi connectivity index (χ1n) is 7.69. The van der Waals surface area contributed by atoms with Crippen LogP contribution in [-0.4, -0.2) is 54.1 Å². The molecule has 10 heteroatoms. The van der Waals surface area contributed by atoms with E-state index in [0.717, 1.165) is 0 Å². The molecular weight excluding hydrogens is 379 g/mol. The van der Waals surface area contributed by atoms with E-state index in [4.69, 9.17) is 10.5 Å². The Balaban J connectivity index is 0.00000261. The van der Waals surface area contributed by atoms with E-state index < -0.39 is 10.1 Å². The second kappa shape index (κ2) is 8.77. The maximum atomic E-state index is 11.7. The van der Waals surface area contributed by atoms with E-state index >= 15 is 0 Å². The second-order valence-corrected chi connectivity index (χ2v) is 6.69. The van der Waals surface area contributed by atoms with Crippen LogP contribution in [0.3, 0.4) is 0 Å². The van der Waals surface area contributed by atoms with Gasteiger partial charge in [0.1, 0.15) is 22.0 Å². The van der Waals surface area contributed by atoms with Crippen molar-refractivity contribution >= 4 is 67.5 Å². The molecule has 0 spiro atoms. The van der Waals surface area contributed by atoms with Crippen molar-refractivity contribution in [2.75, 3.05) is 12.3 Å². The number of azo groups is 1. The summed E-state index contributed by atoms with van der Waals surface area (Å²) in [6.07, 6.45) is 3.03. The molecule has 0 amide bonds. The Labute approximate surface area is 178 Å². The van der Waals surface area contributed by atoms with Gasteiger partial charge in [-0.2, -0.15) is 8.42 Å². The summed E-state index contributed by atoms with van der Waals surface area (Å²) in [5.41, 5.74) is 6.85. The van der Waals surface area contributed by atoms with E-state index in [9.17, 15) is 13.0 Å². The Morgan fingerprint density at radius 3 is 2.48 bits per heavy atom. The molecule has 2 aromatic carbocycles. The molecule has 0 saturated heterocycles. The van der Waals surface area contributed by atoms with E-state index in [2.05, 4.69) is 15.2 Å². The predicted octanol–water partition coefficient (Wildman–Crippen LogP) is 3.23. The van der Waals surface area contributed by atoms with Crippen LogP contribution in [0.2, 0.25) is 0 Å². The number of nitrogens with two attached hydrogens (primary N) is 1. The van der Waals surface area contributed by atoms with Crippen molar-refractivity contribution in [3.63, 3.8) is 0 Å². The van der Waals surface area contributed by atoms with Crippen molar-refractivity contribution in [3.8, 4) is 5.75 Å². The Morgan fingerprint density at radius 2 is 1.81 bits per heavy atom. The van der Waals surface area contributed by atoms with Gasteiger partial charge in [0.2, 0.25) is 0 Å². The van der Waals surface area contributed by atoms with E-state index in [-0.39, 0.29) is 45.8 Å². The zero-order valence-electron chi connectivity index (χ0n) is 13.8. The number of hydrogen-bond acceptors (Lipinski definition) is 7. The third-order valence-electron chi connectivity index (χ3n) is 3.63. The number of nitrogen functional groups attached to an aromatic ring is 1. The summed E-state index contributed by atoms with van der Waals surface area (Å²) < 4.78 is 38.4. The average molecular weight is 396 g/mol. The van der Waals surface area contributed by atoms with Crippen molar-refractivity contribution in [1.82, 2.24) is 4.98 Å². The van der Waals surface area contributed by atoms with E-state index in [1.165, 1.54) is 12.3 Å². The molecule has 0 unspecified atom stereocenters. The molecule has 3 N–H and O–H groups in total. The molecule has 0 saturated carbocycles. The Morgan fingerprint density at radius 1 is 1.15 bits per heavy atom. The SMILES string of the molecule is CCOc1ccncc1/N=N/c1cc(S(=O)(=O)O)c2ccccc2c1N.[NaH]. The molecule has 1 heterocycles. The molecule has 3 aromatic rings. The van der Waals surface area contributed by atoms with Gasteiger partial charge in [0, 0.05) is 23.0 Å². The van der Waals surface area contributed by atoms with Crippen molar-refractivity contribution in [3.05, 3.63) is 48.8 Å².